The van der Waals surface area contributed by atoms with Crippen molar-refractivity contribution < 1.29 is 8.83 Å². The first kappa shape index (κ1) is 18.0. The first-order valence-corrected chi connectivity index (χ1v) is 10.8. The van der Waals surface area contributed by atoms with Gasteiger partial charge in [-0.2, -0.15) is 4.98 Å². The molecule has 0 radical (unpaired) electrons. The number of benzene rings is 3. The van der Waals surface area contributed by atoms with E-state index in [0.717, 1.165) is 55.6 Å². The molecule has 0 spiro atoms. The minimum absolute atomic E-state index is 0.617. The highest BCUT2D eigenvalue weighted by molar-refractivity contribution is 6.05. The molecule has 5 nitrogen and oxygen atoms in total. The third kappa shape index (κ3) is 2.79. The third-order valence-electron chi connectivity index (χ3n) is 5.94. The average molecular weight is 427 g/mol. The summed E-state index contributed by atoms with van der Waals surface area (Å²) in [5.74, 6) is 0.771. The Balaban J connectivity index is 1.46. The van der Waals surface area contributed by atoms with E-state index in [-0.39, 0.29) is 0 Å². The molecular weight excluding hydrogens is 410 g/mol. The van der Waals surface area contributed by atoms with Crippen molar-refractivity contribution in [2.24, 2.45) is 0 Å². The van der Waals surface area contributed by atoms with Crippen LogP contribution in [0.1, 0.15) is 0 Å². The van der Waals surface area contributed by atoms with Crippen molar-refractivity contribution in [2.45, 2.75) is 0 Å². The zero-order valence-electron chi connectivity index (χ0n) is 17.5. The van der Waals surface area contributed by atoms with Crippen LogP contribution in [0.15, 0.2) is 112 Å². The van der Waals surface area contributed by atoms with E-state index in [9.17, 15) is 0 Å². The molecule has 0 amide bonds. The number of nitrogens with zero attached hydrogens (tertiary/aromatic N) is 3. The zero-order valence-corrected chi connectivity index (χ0v) is 17.5. The molecule has 0 aliphatic carbocycles. The molecule has 0 bridgehead atoms. The maximum absolute atomic E-state index is 6.07. The summed E-state index contributed by atoms with van der Waals surface area (Å²) in [4.78, 5) is 11.6. The van der Waals surface area contributed by atoms with Crippen molar-refractivity contribution in [3.05, 3.63) is 103 Å². The van der Waals surface area contributed by atoms with Crippen LogP contribution in [-0.2, 0) is 0 Å². The van der Waals surface area contributed by atoms with Gasteiger partial charge in [-0.1, -0.05) is 36.4 Å². The lowest BCUT2D eigenvalue weighted by atomic mass is 10.1. The zero-order chi connectivity index (χ0) is 21.8. The lowest BCUT2D eigenvalue weighted by molar-refractivity contribution is 0.654. The van der Waals surface area contributed by atoms with Gasteiger partial charge in [0.1, 0.15) is 22.5 Å². The third-order valence-corrected chi connectivity index (χ3v) is 5.94. The van der Waals surface area contributed by atoms with Gasteiger partial charge in [0.2, 0.25) is 5.71 Å². The lowest BCUT2D eigenvalue weighted by Gasteiger charge is -2.24. The molecule has 4 aromatic heterocycles. The van der Waals surface area contributed by atoms with Gasteiger partial charge in [-0.25, -0.2) is 0 Å². The summed E-state index contributed by atoms with van der Waals surface area (Å²) in [6.07, 6.45) is 1.79. The first-order valence-electron chi connectivity index (χ1n) is 10.8. The predicted molar refractivity (Wildman–Crippen MR) is 131 cm³/mol. The van der Waals surface area contributed by atoms with Crippen LogP contribution in [-0.4, -0.2) is 9.97 Å². The Hall–Kier alpha value is -4.64. The minimum Gasteiger partial charge on any atom is -0.454 e. The summed E-state index contributed by atoms with van der Waals surface area (Å²) in [6, 6.07) is 32.3. The molecule has 0 fully saturated rings. The molecule has 0 saturated heterocycles. The number of para-hydroxylation sites is 2. The Bertz CT molecular complexity index is 1780. The molecule has 0 aliphatic rings. The highest BCUT2D eigenvalue weighted by Crippen LogP contribution is 2.38. The quantitative estimate of drug-likeness (QED) is 0.289. The Labute approximate surface area is 188 Å². The van der Waals surface area contributed by atoms with E-state index in [2.05, 4.69) is 40.2 Å². The van der Waals surface area contributed by atoms with Gasteiger partial charge < -0.3 is 8.83 Å². The summed E-state index contributed by atoms with van der Waals surface area (Å²) < 4.78 is 12.0. The van der Waals surface area contributed by atoms with E-state index in [0.29, 0.717) is 5.71 Å². The van der Waals surface area contributed by atoms with Gasteiger partial charge in [-0.05, 0) is 60.7 Å². The van der Waals surface area contributed by atoms with E-state index >= 15 is 0 Å². The van der Waals surface area contributed by atoms with Crippen LogP contribution >= 0.6 is 0 Å². The number of anilines is 3. The largest absolute Gasteiger partial charge is 0.454 e. The number of hydrogen-bond donors (Lipinski definition) is 0. The molecule has 5 heteroatoms. The second kappa shape index (κ2) is 6.93. The molecule has 4 heterocycles. The van der Waals surface area contributed by atoms with Gasteiger partial charge >= 0.3 is 0 Å². The number of rotatable bonds is 3. The van der Waals surface area contributed by atoms with Gasteiger partial charge in [0.25, 0.3) is 0 Å². The molecule has 156 valence electrons. The van der Waals surface area contributed by atoms with E-state index < -0.39 is 0 Å². The van der Waals surface area contributed by atoms with Crippen molar-refractivity contribution >= 4 is 61.3 Å². The number of hydrogen-bond acceptors (Lipinski definition) is 5. The number of furan rings is 2. The van der Waals surface area contributed by atoms with Gasteiger partial charge in [0, 0.05) is 33.7 Å². The van der Waals surface area contributed by atoms with Crippen LogP contribution in [0.5, 0.6) is 0 Å². The Morgan fingerprint density at radius 1 is 0.576 bits per heavy atom. The van der Waals surface area contributed by atoms with Crippen LogP contribution < -0.4 is 4.90 Å². The summed E-state index contributed by atoms with van der Waals surface area (Å²) in [6.45, 7) is 0. The number of pyridine rings is 2. The van der Waals surface area contributed by atoms with Crippen molar-refractivity contribution in [1.29, 1.82) is 0 Å². The van der Waals surface area contributed by atoms with E-state index in [1.54, 1.807) is 6.20 Å². The van der Waals surface area contributed by atoms with Crippen molar-refractivity contribution in [3.8, 4) is 0 Å². The van der Waals surface area contributed by atoms with Crippen LogP contribution in [0.25, 0.3) is 44.1 Å². The van der Waals surface area contributed by atoms with Crippen molar-refractivity contribution in [1.82, 2.24) is 9.97 Å². The fourth-order valence-electron chi connectivity index (χ4n) is 4.44. The summed E-state index contributed by atoms with van der Waals surface area (Å²) >= 11 is 0. The van der Waals surface area contributed by atoms with Crippen molar-refractivity contribution in [3.63, 3.8) is 0 Å². The highest BCUT2D eigenvalue weighted by Gasteiger charge is 2.18. The molecular formula is C28H17N3O2. The van der Waals surface area contributed by atoms with Gasteiger partial charge in [-0.3, -0.25) is 9.88 Å². The molecule has 0 atom stereocenters. The van der Waals surface area contributed by atoms with Gasteiger partial charge in [0.15, 0.2) is 5.58 Å². The number of aromatic nitrogens is 2. The molecule has 0 aliphatic heterocycles. The van der Waals surface area contributed by atoms with E-state index in [4.69, 9.17) is 13.8 Å². The number of fused-ring (bicyclic) bond motifs is 6. The SMILES string of the molecule is c1ccc(N(c2ccc3oc4cccnc4c3c2)c2ccc3c(n2)oc2ccccc23)cc1. The molecule has 7 rings (SSSR count). The Kier molecular flexibility index (Phi) is 3.78. The van der Waals surface area contributed by atoms with Crippen LogP contribution in [0.2, 0.25) is 0 Å². The molecule has 0 saturated carbocycles. The van der Waals surface area contributed by atoms with Crippen LogP contribution in [0.4, 0.5) is 17.2 Å². The van der Waals surface area contributed by atoms with Gasteiger partial charge in [0.05, 0.1) is 0 Å². The van der Waals surface area contributed by atoms with Crippen LogP contribution in [0, 0.1) is 0 Å². The van der Waals surface area contributed by atoms with E-state index in [1.165, 1.54) is 0 Å². The molecule has 0 N–H and O–H groups in total. The monoisotopic (exact) mass is 427 g/mol. The highest BCUT2D eigenvalue weighted by atomic mass is 16.3. The minimum atomic E-state index is 0.617. The summed E-state index contributed by atoms with van der Waals surface area (Å²) in [5, 5.41) is 3.03. The second-order valence-electron chi connectivity index (χ2n) is 7.92. The fourth-order valence-corrected chi connectivity index (χ4v) is 4.44. The second-order valence-corrected chi connectivity index (χ2v) is 7.92. The Morgan fingerprint density at radius 2 is 1.39 bits per heavy atom. The molecule has 7 aromatic rings. The standard InChI is InChI=1S/C28H17N3O2/c1-2-7-18(8-3-1)31(19-12-14-24-22(17-19)27-25(32-24)11-6-16-29-27)26-15-13-21-20-9-4-5-10-23(20)33-28(21)30-26/h1-17H. The first-order chi connectivity index (χ1) is 16.3. The maximum Gasteiger partial charge on any atom is 0.229 e. The molecule has 0 unspecified atom stereocenters. The predicted octanol–water partition coefficient (Wildman–Crippen LogP) is 7.75. The smallest absolute Gasteiger partial charge is 0.229 e. The fraction of sp³-hybridized carbons (Fsp3) is 0. The van der Waals surface area contributed by atoms with E-state index in [1.807, 2.05) is 66.7 Å². The Morgan fingerprint density at radius 3 is 2.33 bits per heavy atom. The topological polar surface area (TPSA) is 55.3 Å². The van der Waals surface area contributed by atoms with Crippen molar-refractivity contribution in [2.75, 3.05) is 4.90 Å². The maximum atomic E-state index is 6.07. The molecule has 3 aromatic carbocycles. The summed E-state index contributed by atoms with van der Waals surface area (Å²) in [5.41, 5.74) is 5.85. The average Bonchev–Trinajstić information content (AvgIpc) is 3.42. The normalized spacial score (nSPS) is 11.6. The van der Waals surface area contributed by atoms with Gasteiger partial charge in [-0.15, -0.1) is 0 Å². The molecule has 33 heavy (non-hydrogen) atoms. The lowest BCUT2D eigenvalue weighted by Crippen LogP contribution is -2.11. The summed E-state index contributed by atoms with van der Waals surface area (Å²) in [7, 11) is 0. The van der Waals surface area contributed by atoms with Crippen LogP contribution in [0.3, 0.4) is 0 Å².